The van der Waals surface area contributed by atoms with Crippen LogP contribution in [0.25, 0.3) is 0 Å². The number of pyridine rings is 1. The van der Waals surface area contributed by atoms with E-state index < -0.39 is 10.8 Å². The smallest absolute Gasteiger partial charge is 0.213 e. The zero-order valence-electron chi connectivity index (χ0n) is 8.81. The first-order chi connectivity index (χ1) is 8.18. The predicted molar refractivity (Wildman–Crippen MR) is 66.6 cm³/mol. The molecule has 0 saturated heterocycles. The monoisotopic (exact) mass is 293 g/mol. The minimum Gasteiger partial charge on any atom is -0.293 e. The minimum atomic E-state index is -0.590. The number of hydrogen-bond acceptors (Lipinski definition) is 2. The molecule has 2 aromatic rings. The molecule has 1 unspecified atom stereocenters. The molecule has 86 valence electrons. The Morgan fingerprint density at radius 2 is 1.94 bits per heavy atom. The molecule has 2 nitrogen and oxygen atoms in total. The van der Waals surface area contributed by atoms with Crippen LogP contribution in [0.4, 0.5) is 4.39 Å². The summed E-state index contributed by atoms with van der Waals surface area (Å²) in [5, 5.41) is 0. The number of ketones is 1. The van der Waals surface area contributed by atoms with E-state index in [1.165, 1.54) is 12.3 Å². The Balaban J connectivity index is 2.27. The van der Waals surface area contributed by atoms with Crippen molar-refractivity contribution in [1.82, 2.24) is 4.98 Å². The summed E-state index contributed by atoms with van der Waals surface area (Å²) in [5.74, 6) is -0.691. The Kier molecular flexibility index (Phi) is 3.64. The molecule has 0 fully saturated rings. The second-order valence-corrected chi connectivity index (χ2v) is 4.42. The molecule has 0 radical (unpaired) electrons. The number of hydrogen-bond donors (Lipinski definition) is 0. The Morgan fingerprint density at radius 1 is 1.24 bits per heavy atom. The Bertz CT molecular complexity index is 530. The summed E-state index contributed by atoms with van der Waals surface area (Å²) in [6, 6.07) is 11.7. The van der Waals surface area contributed by atoms with E-state index in [0.717, 1.165) is 0 Å². The van der Waals surface area contributed by atoms with Gasteiger partial charge in [0.2, 0.25) is 5.95 Å². The quantitative estimate of drug-likeness (QED) is 0.492. The molecular weight excluding hydrogens is 285 g/mol. The summed E-state index contributed by atoms with van der Waals surface area (Å²) < 4.78 is 13.0. The van der Waals surface area contributed by atoms with Crippen LogP contribution in [0.2, 0.25) is 0 Å². The molecule has 2 rings (SSSR count). The van der Waals surface area contributed by atoms with Gasteiger partial charge in [0.25, 0.3) is 0 Å². The molecule has 0 N–H and O–H groups in total. The lowest BCUT2D eigenvalue weighted by molar-refractivity contribution is 0.0991. The largest absolute Gasteiger partial charge is 0.293 e. The molecule has 0 spiro atoms. The van der Waals surface area contributed by atoms with E-state index in [0.29, 0.717) is 11.1 Å². The van der Waals surface area contributed by atoms with E-state index in [-0.39, 0.29) is 5.78 Å². The van der Waals surface area contributed by atoms with Crippen LogP contribution < -0.4 is 0 Å². The van der Waals surface area contributed by atoms with Crippen molar-refractivity contribution in [2.45, 2.75) is 4.83 Å². The number of aromatic nitrogens is 1. The fraction of sp³-hybridized carbons (Fsp3) is 0.0769. The number of benzene rings is 1. The first-order valence-electron chi connectivity index (χ1n) is 5.03. The van der Waals surface area contributed by atoms with Gasteiger partial charge in [-0.2, -0.15) is 4.39 Å². The van der Waals surface area contributed by atoms with Crippen molar-refractivity contribution in [1.29, 1.82) is 0 Å². The predicted octanol–water partition coefficient (Wildman–Crippen LogP) is 3.54. The lowest BCUT2D eigenvalue weighted by Gasteiger charge is -2.08. The molecule has 1 aromatic heterocycles. The molecule has 0 aliphatic carbocycles. The van der Waals surface area contributed by atoms with Gasteiger partial charge >= 0.3 is 0 Å². The van der Waals surface area contributed by atoms with Crippen LogP contribution in [-0.4, -0.2) is 10.8 Å². The van der Waals surface area contributed by atoms with Gasteiger partial charge < -0.3 is 0 Å². The summed E-state index contributed by atoms with van der Waals surface area (Å²) in [4.78, 5) is 15.0. The third-order valence-electron chi connectivity index (χ3n) is 2.33. The molecule has 0 aliphatic rings. The summed E-state index contributed by atoms with van der Waals surface area (Å²) >= 11 is 3.28. The molecule has 0 saturated carbocycles. The van der Waals surface area contributed by atoms with Gasteiger partial charge in [-0.3, -0.25) is 4.79 Å². The summed E-state index contributed by atoms with van der Waals surface area (Å²) in [6.07, 6.45) is 1.34. The van der Waals surface area contributed by atoms with Gasteiger partial charge in [0.15, 0.2) is 5.78 Å². The Labute approximate surface area is 107 Å². The zero-order chi connectivity index (χ0) is 12.3. The Hall–Kier alpha value is -1.55. The van der Waals surface area contributed by atoms with Crippen LogP contribution >= 0.6 is 15.9 Å². The van der Waals surface area contributed by atoms with E-state index in [1.54, 1.807) is 30.3 Å². The van der Waals surface area contributed by atoms with E-state index in [9.17, 15) is 9.18 Å². The third kappa shape index (κ3) is 2.77. The summed E-state index contributed by atoms with van der Waals surface area (Å²) in [6.45, 7) is 0. The maximum Gasteiger partial charge on any atom is 0.213 e. The highest BCUT2D eigenvalue weighted by Gasteiger charge is 2.19. The van der Waals surface area contributed by atoms with Crippen molar-refractivity contribution in [3.63, 3.8) is 0 Å². The van der Waals surface area contributed by atoms with Crippen molar-refractivity contribution < 1.29 is 9.18 Å². The summed E-state index contributed by atoms with van der Waals surface area (Å²) in [5.41, 5.74) is 1.15. The molecule has 0 bridgehead atoms. The zero-order valence-corrected chi connectivity index (χ0v) is 10.4. The molecule has 1 aromatic carbocycles. The minimum absolute atomic E-state index is 0.101. The first-order valence-corrected chi connectivity index (χ1v) is 5.95. The number of Topliss-reactive ketones (excluding diaryl/α,β-unsaturated/α-hetero) is 1. The Morgan fingerprint density at radius 3 is 2.59 bits per heavy atom. The molecule has 0 amide bonds. The maximum atomic E-state index is 13.0. The fourth-order valence-corrected chi connectivity index (χ4v) is 2.02. The van der Waals surface area contributed by atoms with Gasteiger partial charge in [-0.05, 0) is 17.7 Å². The van der Waals surface area contributed by atoms with Crippen LogP contribution in [0.1, 0.15) is 20.7 Å². The summed E-state index contributed by atoms with van der Waals surface area (Å²) in [7, 11) is 0. The van der Waals surface area contributed by atoms with Crippen LogP contribution in [0, 0.1) is 5.95 Å². The molecule has 4 heteroatoms. The lowest BCUT2D eigenvalue weighted by atomic mass is 10.0. The van der Waals surface area contributed by atoms with E-state index >= 15 is 0 Å². The molecular formula is C13H9BrFNO. The van der Waals surface area contributed by atoms with E-state index in [2.05, 4.69) is 20.9 Å². The number of alkyl halides is 1. The number of carbonyl (C=O) groups excluding carboxylic acids is 1. The van der Waals surface area contributed by atoms with Crippen molar-refractivity contribution in [3.05, 3.63) is 65.7 Å². The van der Waals surface area contributed by atoms with Gasteiger partial charge in [-0.15, -0.1) is 0 Å². The van der Waals surface area contributed by atoms with Crippen LogP contribution in [0.5, 0.6) is 0 Å². The topological polar surface area (TPSA) is 30.0 Å². The van der Waals surface area contributed by atoms with Gasteiger partial charge in [0.1, 0.15) is 4.83 Å². The van der Waals surface area contributed by atoms with E-state index in [1.807, 2.05) is 6.07 Å². The van der Waals surface area contributed by atoms with Crippen molar-refractivity contribution >= 4 is 21.7 Å². The van der Waals surface area contributed by atoms with Gasteiger partial charge in [0, 0.05) is 11.8 Å². The highest BCUT2D eigenvalue weighted by Crippen LogP contribution is 2.26. The third-order valence-corrected chi connectivity index (χ3v) is 3.28. The second kappa shape index (κ2) is 5.19. The fourth-order valence-electron chi connectivity index (χ4n) is 1.48. The SMILES string of the molecule is O=C(c1ccccc1)C(Br)c1ccnc(F)c1. The van der Waals surface area contributed by atoms with Crippen LogP contribution in [-0.2, 0) is 0 Å². The van der Waals surface area contributed by atoms with Crippen molar-refractivity contribution in [2.75, 3.05) is 0 Å². The lowest BCUT2D eigenvalue weighted by Crippen LogP contribution is -2.07. The number of nitrogens with zero attached hydrogens (tertiary/aromatic N) is 1. The first kappa shape index (κ1) is 11.9. The highest BCUT2D eigenvalue weighted by molar-refractivity contribution is 9.09. The number of carbonyl (C=O) groups is 1. The van der Waals surface area contributed by atoms with Crippen molar-refractivity contribution in [2.24, 2.45) is 0 Å². The van der Waals surface area contributed by atoms with Crippen molar-refractivity contribution in [3.8, 4) is 0 Å². The van der Waals surface area contributed by atoms with Crippen LogP contribution in [0.3, 0.4) is 0 Å². The average Bonchev–Trinajstić information content (AvgIpc) is 2.38. The highest BCUT2D eigenvalue weighted by atomic mass is 79.9. The standard InChI is InChI=1S/C13H9BrFNO/c14-12(10-6-7-16-11(15)8-10)13(17)9-4-2-1-3-5-9/h1-8,12H. The maximum absolute atomic E-state index is 13.0. The number of halogens is 2. The molecule has 0 aliphatic heterocycles. The van der Waals surface area contributed by atoms with Crippen LogP contribution in [0.15, 0.2) is 48.7 Å². The van der Waals surface area contributed by atoms with Gasteiger partial charge in [0.05, 0.1) is 0 Å². The molecule has 1 atom stereocenters. The van der Waals surface area contributed by atoms with Gasteiger partial charge in [-0.25, -0.2) is 4.98 Å². The van der Waals surface area contributed by atoms with Gasteiger partial charge in [-0.1, -0.05) is 46.3 Å². The van der Waals surface area contributed by atoms with E-state index in [4.69, 9.17) is 0 Å². The normalized spacial score (nSPS) is 12.1. The number of rotatable bonds is 3. The average molecular weight is 294 g/mol. The molecule has 17 heavy (non-hydrogen) atoms. The molecule has 1 heterocycles. The second-order valence-electron chi connectivity index (χ2n) is 3.50.